The van der Waals surface area contributed by atoms with Crippen molar-refractivity contribution in [1.29, 1.82) is 0 Å². The van der Waals surface area contributed by atoms with Crippen molar-refractivity contribution in [2.45, 2.75) is 18.9 Å². The molecule has 1 saturated heterocycles. The molecule has 0 aliphatic carbocycles. The average molecular weight is 262 g/mol. The van der Waals surface area contributed by atoms with Crippen molar-refractivity contribution in [2.24, 2.45) is 0 Å². The first-order chi connectivity index (χ1) is 9.16. The maximum Gasteiger partial charge on any atom is 0.256 e. The molecule has 0 bridgehead atoms. The van der Waals surface area contributed by atoms with Crippen molar-refractivity contribution in [3.8, 4) is 0 Å². The van der Waals surface area contributed by atoms with E-state index in [0.717, 1.165) is 0 Å². The van der Waals surface area contributed by atoms with Gasteiger partial charge >= 0.3 is 0 Å². The molecule has 0 radical (unpaired) electrons. The number of hydrogen-bond donors (Lipinski definition) is 1. The number of aliphatic hydroxyl groups excluding tert-OH is 1. The molecule has 1 N–H and O–H groups in total. The second kappa shape index (κ2) is 4.66. The molecule has 2 heterocycles. The van der Waals surface area contributed by atoms with Crippen LogP contribution in [0.25, 0.3) is 10.9 Å². The molecule has 1 aliphatic heterocycles. The van der Waals surface area contributed by atoms with Crippen LogP contribution in [0.1, 0.15) is 23.2 Å². The third-order valence-corrected chi connectivity index (χ3v) is 3.65. The molecule has 5 heteroatoms. The minimum absolute atomic E-state index is 0.167. The lowest BCUT2D eigenvalue weighted by atomic mass is 10.1. The highest BCUT2D eigenvalue weighted by atomic mass is 19.2. The van der Waals surface area contributed by atoms with Gasteiger partial charge in [-0.15, -0.1) is 0 Å². The summed E-state index contributed by atoms with van der Waals surface area (Å²) in [5, 5.41) is 10.1. The van der Waals surface area contributed by atoms with Crippen LogP contribution in [0.5, 0.6) is 0 Å². The third kappa shape index (κ3) is 2.10. The van der Waals surface area contributed by atoms with Gasteiger partial charge in [-0.1, -0.05) is 22.7 Å². The molecule has 19 heavy (non-hydrogen) atoms. The predicted molar refractivity (Wildman–Crippen MR) is 69.6 cm³/mol. The van der Waals surface area contributed by atoms with Crippen LogP contribution >= 0.6 is 0 Å². The lowest BCUT2D eigenvalue weighted by Gasteiger charge is -2.29. The number of para-hydroxylation sites is 1. The summed E-state index contributed by atoms with van der Waals surface area (Å²) in [5.41, 5.74) is 0.789. The predicted octanol–water partition coefficient (Wildman–Crippen LogP) is 1.97. The first-order valence-corrected chi connectivity index (χ1v) is 6.40. The number of aromatic nitrogens is 1. The quantitative estimate of drug-likeness (QED) is 0.854. The van der Waals surface area contributed by atoms with Gasteiger partial charge in [0.05, 0.1) is 23.4 Å². The minimum Gasteiger partial charge on any atom is -0.393 e. The Morgan fingerprint density at radius 2 is 1.95 bits per heavy atom. The zero-order valence-electron chi connectivity index (χ0n) is 10.4. The molecule has 0 atom stereocenters. The van der Waals surface area contributed by atoms with Crippen molar-refractivity contribution < 1.29 is 14.4 Å². The van der Waals surface area contributed by atoms with E-state index < -0.39 is 0 Å². The molecule has 4 nitrogen and oxygen atoms in total. The number of carbonyl (C=O) groups excluding carboxylic acids is 1. The van der Waals surface area contributed by atoms with Gasteiger partial charge in [-0.25, -0.2) is 0 Å². The van der Waals surface area contributed by atoms with Gasteiger partial charge in [0.15, 0.2) is 0 Å². The number of rotatable bonds is 1. The molecule has 100 valence electrons. The summed E-state index contributed by atoms with van der Waals surface area (Å²) in [6.07, 6.45) is 2.07. The van der Waals surface area contributed by atoms with E-state index in [1.165, 1.54) is 6.20 Å². The fourth-order valence-corrected chi connectivity index (χ4v) is 2.55. The largest absolute Gasteiger partial charge is 0.393 e. The number of carbonyl (C=O) groups is 1. The zero-order valence-corrected chi connectivity index (χ0v) is 10.4. The van der Waals surface area contributed by atoms with Crippen LogP contribution in [-0.2, 0) is 0 Å². The number of hydrogen-bond acceptors (Lipinski definition) is 2. The maximum absolute atomic E-state index is 13.7. The molecular weight excluding hydrogens is 247 g/mol. The summed E-state index contributed by atoms with van der Waals surface area (Å²) in [6.45, 7) is 1.04. The molecule has 1 aromatic carbocycles. The first-order valence-electron chi connectivity index (χ1n) is 6.40. The van der Waals surface area contributed by atoms with Crippen molar-refractivity contribution in [3.63, 3.8) is 0 Å². The van der Waals surface area contributed by atoms with E-state index in [1.807, 2.05) is 0 Å². The maximum atomic E-state index is 13.7. The van der Waals surface area contributed by atoms with Gasteiger partial charge in [0.2, 0.25) is 0 Å². The standard InChI is InChI=1S/C14H15FN2O2/c15-17-9-12(11-3-1-2-4-13(11)17)14(19)16-7-5-10(18)6-8-16/h1-4,9-10,18H,5-8H2. The van der Waals surface area contributed by atoms with Crippen LogP contribution in [0.3, 0.4) is 0 Å². The van der Waals surface area contributed by atoms with E-state index in [4.69, 9.17) is 0 Å². The number of nitrogens with zero attached hydrogens (tertiary/aromatic N) is 2. The van der Waals surface area contributed by atoms with E-state index in [-0.39, 0.29) is 12.0 Å². The Kier molecular flexibility index (Phi) is 2.98. The SMILES string of the molecule is O=C(c1cn(F)c2ccccc12)N1CCC(O)CC1. The fraction of sp³-hybridized carbons (Fsp3) is 0.357. The summed E-state index contributed by atoms with van der Waals surface area (Å²) >= 11 is 0. The van der Waals surface area contributed by atoms with Crippen molar-refractivity contribution in [3.05, 3.63) is 36.0 Å². The second-order valence-electron chi connectivity index (χ2n) is 4.89. The number of fused-ring (bicyclic) bond motifs is 1. The van der Waals surface area contributed by atoms with Gasteiger partial charge in [-0.05, 0) is 18.9 Å². The molecule has 3 rings (SSSR count). The molecule has 0 unspecified atom stereocenters. The molecule has 1 aromatic heterocycles. The first kappa shape index (κ1) is 12.2. The fourth-order valence-electron chi connectivity index (χ4n) is 2.55. The van der Waals surface area contributed by atoms with Crippen LogP contribution in [0.2, 0.25) is 0 Å². The summed E-state index contributed by atoms with van der Waals surface area (Å²) in [7, 11) is 0. The summed E-state index contributed by atoms with van der Waals surface area (Å²) in [5.74, 6) is -0.167. The molecule has 2 aromatic rings. The molecule has 1 fully saturated rings. The Morgan fingerprint density at radius 1 is 1.26 bits per heavy atom. The van der Waals surface area contributed by atoms with E-state index in [0.29, 0.717) is 47.2 Å². The van der Waals surface area contributed by atoms with E-state index in [9.17, 15) is 14.4 Å². The average Bonchev–Trinajstić information content (AvgIpc) is 2.77. The topological polar surface area (TPSA) is 45.5 Å². The van der Waals surface area contributed by atoms with E-state index in [2.05, 4.69) is 0 Å². The number of likely N-dealkylation sites (tertiary alicyclic amines) is 1. The Labute approximate surface area is 110 Å². The molecular formula is C14H15FN2O2. The van der Waals surface area contributed by atoms with Gasteiger partial charge in [0, 0.05) is 18.5 Å². The number of aliphatic hydroxyl groups is 1. The molecule has 1 amide bonds. The Balaban J connectivity index is 1.94. The third-order valence-electron chi connectivity index (χ3n) is 3.65. The molecule has 0 spiro atoms. The normalized spacial score (nSPS) is 17.1. The monoisotopic (exact) mass is 262 g/mol. The van der Waals surface area contributed by atoms with Crippen LogP contribution in [0, 0.1) is 0 Å². The smallest absolute Gasteiger partial charge is 0.256 e. The van der Waals surface area contributed by atoms with Crippen LogP contribution in [0.15, 0.2) is 30.5 Å². The second-order valence-corrected chi connectivity index (χ2v) is 4.89. The number of piperidine rings is 1. The van der Waals surface area contributed by atoms with E-state index >= 15 is 0 Å². The van der Waals surface area contributed by atoms with Gasteiger partial charge < -0.3 is 10.0 Å². The van der Waals surface area contributed by atoms with Gasteiger partial charge in [0.25, 0.3) is 5.91 Å². The summed E-state index contributed by atoms with van der Waals surface area (Å²) < 4.78 is 13.7. The molecule has 1 aliphatic rings. The van der Waals surface area contributed by atoms with Crippen LogP contribution < -0.4 is 0 Å². The van der Waals surface area contributed by atoms with Crippen molar-refractivity contribution in [1.82, 2.24) is 9.69 Å². The lowest BCUT2D eigenvalue weighted by molar-refractivity contribution is 0.0547. The Morgan fingerprint density at radius 3 is 2.68 bits per heavy atom. The van der Waals surface area contributed by atoms with E-state index in [1.54, 1.807) is 29.2 Å². The minimum atomic E-state index is -0.327. The van der Waals surface area contributed by atoms with Crippen molar-refractivity contribution in [2.75, 3.05) is 13.1 Å². The van der Waals surface area contributed by atoms with Crippen molar-refractivity contribution >= 4 is 16.8 Å². The highest BCUT2D eigenvalue weighted by Crippen LogP contribution is 2.24. The zero-order chi connectivity index (χ0) is 13.4. The van der Waals surface area contributed by atoms with Crippen LogP contribution in [0.4, 0.5) is 4.48 Å². The van der Waals surface area contributed by atoms with Crippen LogP contribution in [-0.4, -0.2) is 39.9 Å². The molecule has 0 saturated carbocycles. The Hall–Kier alpha value is -1.88. The highest BCUT2D eigenvalue weighted by Gasteiger charge is 2.24. The number of halogens is 1. The Bertz CT molecular complexity index is 615. The van der Waals surface area contributed by atoms with Gasteiger partial charge in [-0.3, -0.25) is 4.79 Å². The summed E-state index contributed by atoms with van der Waals surface area (Å²) in [4.78, 5) is 14.6. The summed E-state index contributed by atoms with van der Waals surface area (Å²) in [6, 6.07) is 6.92. The van der Waals surface area contributed by atoms with Gasteiger partial charge in [0.1, 0.15) is 0 Å². The lowest BCUT2D eigenvalue weighted by Crippen LogP contribution is -2.40. The number of amides is 1. The highest BCUT2D eigenvalue weighted by molar-refractivity contribution is 6.06. The number of benzene rings is 1. The van der Waals surface area contributed by atoms with Gasteiger partial charge in [-0.2, -0.15) is 4.79 Å².